The van der Waals surface area contributed by atoms with E-state index in [1.807, 2.05) is 39.0 Å². The van der Waals surface area contributed by atoms with E-state index in [0.717, 1.165) is 10.0 Å². The van der Waals surface area contributed by atoms with Gasteiger partial charge in [0.25, 0.3) is 5.91 Å². The third-order valence-corrected chi connectivity index (χ3v) is 2.86. The van der Waals surface area contributed by atoms with Crippen LogP contribution < -0.4 is 5.32 Å². The van der Waals surface area contributed by atoms with E-state index in [2.05, 4.69) is 21.2 Å². The van der Waals surface area contributed by atoms with Crippen molar-refractivity contribution in [3.63, 3.8) is 0 Å². The molecule has 1 aromatic rings. The highest BCUT2D eigenvalue weighted by Crippen LogP contribution is 2.17. The normalized spacial score (nSPS) is 10.6. The fourth-order valence-electron chi connectivity index (χ4n) is 1.36. The van der Waals surface area contributed by atoms with Crippen LogP contribution in [0.15, 0.2) is 22.7 Å². The molecule has 4 heteroatoms. The van der Waals surface area contributed by atoms with E-state index in [9.17, 15) is 4.79 Å². The molecular weight excluding hydrogens is 282 g/mol. The second kappa shape index (κ2) is 6.77. The van der Waals surface area contributed by atoms with Crippen LogP contribution in [0.3, 0.4) is 0 Å². The molecule has 1 N–H and O–H groups in total. The highest BCUT2D eigenvalue weighted by atomic mass is 79.9. The summed E-state index contributed by atoms with van der Waals surface area (Å²) in [6.45, 7) is 6.99. The Hall–Kier alpha value is -0.870. The summed E-state index contributed by atoms with van der Waals surface area (Å²) < 4.78 is 6.17. The molecule has 0 fully saturated rings. The SMILES string of the molecule is Cc1ccc(C(=O)NCCOC(C)C)c(Br)c1. The van der Waals surface area contributed by atoms with Gasteiger partial charge in [-0.1, -0.05) is 6.07 Å². The molecule has 0 bridgehead atoms. The lowest BCUT2D eigenvalue weighted by molar-refractivity contribution is 0.0746. The number of hydrogen-bond acceptors (Lipinski definition) is 2. The van der Waals surface area contributed by atoms with E-state index < -0.39 is 0 Å². The minimum atomic E-state index is -0.0794. The summed E-state index contributed by atoms with van der Waals surface area (Å²) in [4.78, 5) is 11.8. The third-order valence-electron chi connectivity index (χ3n) is 2.21. The average molecular weight is 300 g/mol. The van der Waals surface area contributed by atoms with E-state index in [1.54, 1.807) is 0 Å². The van der Waals surface area contributed by atoms with E-state index in [4.69, 9.17) is 4.74 Å². The topological polar surface area (TPSA) is 38.3 Å². The van der Waals surface area contributed by atoms with Crippen LogP contribution in [0.1, 0.15) is 29.8 Å². The monoisotopic (exact) mass is 299 g/mol. The number of amides is 1. The molecule has 3 nitrogen and oxygen atoms in total. The van der Waals surface area contributed by atoms with Crippen LogP contribution in [0.25, 0.3) is 0 Å². The maximum absolute atomic E-state index is 11.8. The number of rotatable bonds is 5. The van der Waals surface area contributed by atoms with Crippen LogP contribution in [0.5, 0.6) is 0 Å². The molecule has 0 saturated heterocycles. The van der Waals surface area contributed by atoms with Gasteiger partial charge >= 0.3 is 0 Å². The lowest BCUT2D eigenvalue weighted by Crippen LogP contribution is -2.28. The van der Waals surface area contributed by atoms with Crippen LogP contribution in [-0.2, 0) is 4.74 Å². The number of benzene rings is 1. The molecule has 1 rings (SSSR count). The number of hydrogen-bond donors (Lipinski definition) is 1. The molecule has 17 heavy (non-hydrogen) atoms. The number of aryl methyl sites for hydroxylation is 1. The zero-order valence-corrected chi connectivity index (χ0v) is 12.0. The summed E-state index contributed by atoms with van der Waals surface area (Å²) in [6, 6.07) is 5.67. The number of halogens is 1. The molecule has 1 amide bonds. The first-order chi connectivity index (χ1) is 8.00. The molecule has 0 radical (unpaired) electrons. The van der Waals surface area contributed by atoms with Crippen molar-refractivity contribution in [2.45, 2.75) is 26.9 Å². The quantitative estimate of drug-likeness (QED) is 0.849. The van der Waals surface area contributed by atoms with Crippen molar-refractivity contribution < 1.29 is 9.53 Å². The zero-order valence-electron chi connectivity index (χ0n) is 10.4. The van der Waals surface area contributed by atoms with Crippen LogP contribution in [0, 0.1) is 6.92 Å². The molecule has 0 aromatic heterocycles. The van der Waals surface area contributed by atoms with Gasteiger partial charge in [0, 0.05) is 11.0 Å². The van der Waals surface area contributed by atoms with Crippen molar-refractivity contribution >= 4 is 21.8 Å². The standard InChI is InChI=1S/C13H18BrNO2/c1-9(2)17-7-6-15-13(16)11-5-4-10(3)8-12(11)14/h4-5,8-9H,6-7H2,1-3H3,(H,15,16). The van der Waals surface area contributed by atoms with Crippen molar-refractivity contribution in [2.75, 3.05) is 13.2 Å². The lowest BCUT2D eigenvalue weighted by atomic mass is 10.1. The Labute approximate surface area is 111 Å². The molecule has 0 aliphatic rings. The van der Waals surface area contributed by atoms with Gasteiger partial charge in [0.05, 0.1) is 18.3 Å². The molecular formula is C13H18BrNO2. The lowest BCUT2D eigenvalue weighted by Gasteiger charge is -2.09. The summed E-state index contributed by atoms with van der Waals surface area (Å²) in [5.74, 6) is -0.0794. The van der Waals surface area contributed by atoms with E-state index in [0.29, 0.717) is 18.7 Å². The predicted molar refractivity (Wildman–Crippen MR) is 72.3 cm³/mol. The molecule has 0 atom stereocenters. The first kappa shape index (κ1) is 14.2. The summed E-state index contributed by atoms with van der Waals surface area (Å²) in [7, 11) is 0. The predicted octanol–water partition coefficient (Wildman–Crippen LogP) is 2.91. The molecule has 1 aromatic carbocycles. The van der Waals surface area contributed by atoms with Crippen molar-refractivity contribution in [2.24, 2.45) is 0 Å². The largest absolute Gasteiger partial charge is 0.377 e. The van der Waals surface area contributed by atoms with Gasteiger partial charge in [0.2, 0.25) is 0 Å². The maximum atomic E-state index is 11.8. The molecule has 0 saturated carbocycles. The Balaban J connectivity index is 2.47. The second-order valence-corrected chi connectivity index (χ2v) is 5.01. The van der Waals surface area contributed by atoms with E-state index in [-0.39, 0.29) is 12.0 Å². The Morgan fingerprint density at radius 2 is 2.18 bits per heavy atom. The number of carbonyl (C=O) groups is 1. The number of carbonyl (C=O) groups excluding carboxylic acids is 1. The first-order valence-electron chi connectivity index (χ1n) is 5.66. The Morgan fingerprint density at radius 3 is 2.76 bits per heavy atom. The Bertz CT molecular complexity index is 391. The zero-order chi connectivity index (χ0) is 12.8. The summed E-state index contributed by atoms with van der Waals surface area (Å²) in [5.41, 5.74) is 1.77. The van der Waals surface area contributed by atoms with Gasteiger partial charge in [-0.2, -0.15) is 0 Å². The average Bonchev–Trinajstić information content (AvgIpc) is 2.23. The van der Waals surface area contributed by atoms with Crippen LogP contribution in [0.2, 0.25) is 0 Å². The van der Waals surface area contributed by atoms with E-state index in [1.165, 1.54) is 0 Å². The van der Waals surface area contributed by atoms with Crippen molar-refractivity contribution in [1.29, 1.82) is 0 Å². The van der Waals surface area contributed by atoms with Gasteiger partial charge in [-0.25, -0.2) is 0 Å². The fourth-order valence-corrected chi connectivity index (χ4v) is 2.03. The second-order valence-electron chi connectivity index (χ2n) is 4.16. The first-order valence-corrected chi connectivity index (χ1v) is 6.46. The Morgan fingerprint density at radius 1 is 1.47 bits per heavy atom. The smallest absolute Gasteiger partial charge is 0.252 e. The van der Waals surface area contributed by atoms with Gasteiger partial charge in [-0.05, 0) is 54.4 Å². The highest BCUT2D eigenvalue weighted by Gasteiger charge is 2.09. The number of nitrogens with one attached hydrogen (secondary N) is 1. The van der Waals surface area contributed by atoms with Crippen molar-refractivity contribution in [3.05, 3.63) is 33.8 Å². The molecule has 0 heterocycles. The summed E-state index contributed by atoms with van der Waals surface area (Å²) in [6.07, 6.45) is 0.193. The van der Waals surface area contributed by atoms with Crippen LogP contribution in [-0.4, -0.2) is 25.2 Å². The Kier molecular flexibility index (Phi) is 5.65. The van der Waals surface area contributed by atoms with Gasteiger partial charge in [-0.3, -0.25) is 4.79 Å². The molecule has 0 spiro atoms. The molecule has 0 unspecified atom stereocenters. The molecule has 94 valence electrons. The maximum Gasteiger partial charge on any atom is 0.252 e. The fraction of sp³-hybridized carbons (Fsp3) is 0.462. The van der Waals surface area contributed by atoms with Gasteiger partial charge in [0.1, 0.15) is 0 Å². The minimum Gasteiger partial charge on any atom is -0.377 e. The van der Waals surface area contributed by atoms with Gasteiger partial charge in [0.15, 0.2) is 0 Å². The molecule has 0 aliphatic heterocycles. The minimum absolute atomic E-state index is 0.0794. The third kappa shape index (κ3) is 4.88. The van der Waals surface area contributed by atoms with Crippen LogP contribution >= 0.6 is 15.9 Å². The van der Waals surface area contributed by atoms with E-state index >= 15 is 0 Å². The molecule has 0 aliphatic carbocycles. The van der Waals surface area contributed by atoms with Crippen LogP contribution in [0.4, 0.5) is 0 Å². The van der Waals surface area contributed by atoms with Crippen molar-refractivity contribution in [1.82, 2.24) is 5.32 Å². The highest BCUT2D eigenvalue weighted by molar-refractivity contribution is 9.10. The van der Waals surface area contributed by atoms with Crippen molar-refractivity contribution in [3.8, 4) is 0 Å². The summed E-state index contributed by atoms with van der Waals surface area (Å²) in [5, 5.41) is 2.82. The van der Waals surface area contributed by atoms with Gasteiger partial charge < -0.3 is 10.1 Å². The summed E-state index contributed by atoms with van der Waals surface area (Å²) >= 11 is 3.39. The number of ether oxygens (including phenoxy) is 1. The van der Waals surface area contributed by atoms with Gasteiger partial charge in [-0.15, -0.1) is 0 Å².